The van der Waals surface area contributed by atoms with Crippen molar-refractivity contribution in [1.82, 2.24) is 10.7 Å². The molecule has 0 unspecified atom stereocenters. The Hall–Kier alpha value is -4.64. The third-order valence-electron chi connectivity index (χ3n) is 4.60. The van der Waals surface area contributed by atoms with Crippen LogP contribution in [0.3, 0.4) is 0 Å². The van der Waals surface area contributed by atoms with Crippen LogP contribution in [0.15, 0.2) is 64.1 Å². The number of hydrogen-bond acceptors (Lipinski definition) is 7. The number of amides is 4. The molecular formula is C24H22ClN5O6. The minimum Gasteiger partial charge on any atom is -0.495 e. The monoisotopic (exact) mass is 511 g/mol. The van der Waals surface area contributed by atoms with Crippen molar-refractivity contribution < 1.29 is 28.3 Å². The van der Waals surface area contributed by atoms with Gasteiger partial charge in [-0.15, -0.1) is 0 Å². The first-order valence-corrected chi connectivity index (χ1v) is 10.9. The summed E-state index contributed by atoms with van der Waals surface area (Å²) in [6.07, 6.45) is 1.17. The van der Waals surface area contributed by atoms with Crippen molar-refractivity contribution in [2.24, 2.45) is 5.10 Å². The van der Waals surface area contributed by atoms with Gasteiger partial charge in [0.25, 0.3) is 0 Å². The lowest BCUT2D eigenvalue weighted by Crippen LogP contribution is -2.34. The summed E-state index contributed by atoms with van der Waals surface area (Å²) in [5.41, 5.74) is 3.89. The third kappa shape index (κ3) is 7.43. The number of ether oxygens (including phenoxy) is 1. The Morgan fingerprint density at radius 3 is 2.28 bits per heavy atom. The molecular weight excluding hydrogens is 490 g/mol. The van der Waals surface area contributed by atoms with E-state index in [4.69, 9.17) is 20.8 Å². The van der Waals surface area contributed by atoms with Gasteiger partial charge in [-0.25, -0.2) is 5.43 Å². The Morgan fingerprint density at radius 2 is 1.58 bits per heavy atom. The van der Waals surface area contributed by atoms with E-state index in [1.807, 2.05) is 19.1 Å². The molecule has 3 aromatic rings. The maximum atomic E-state index is 12.0. The summed E-state index contributed by atoms with van der Waals surface area (Å²) in [5, 5.41) is 11.2. The molecule has 4 N–H and O–H groups in total. The van der Waals surface area contributed by atoms with E-state index in [1.54, 1.807) is 24.3 Å². The van der Waals surface area contributed by atoms with Gasteiger partial charge >= 0.3 is 23.6 Å². The molecule has 11 nitrogen and oxygen atoms in total. The van der Waals surface area contributed by atoms with Gasteiger partial charge in [-0.1, -0.05) is 29.3 Å². The smallest absolute Gasteiger partial charge is 0.329 e. The van der Waals surface area contributed by atoms with E-state index in [0.717, 1.165) is 5.56 Å². The van der Waals surface area contributed by atoms with Gasteiger partial charge in [-0.05, 0) is 49.4 Å². The predicted octanol–water partition coefficient (Wildman–Crippen LogP) is 2.59. The van der Waals surface area contributed by atoms with Gasteiger partial charge in [0.2, 0.25) is 0 Å². The highest BCUT2D eigenvalue weighted by molar-refractivity contribution is 6.40. The predicted molar refractivity (Wildman–Crippen MR) is 133 cm³/mol. The summed E-state index contributed by atoms with van der Waals surface area (Å²) in [4.78, 5) is 47.9. The van der Waals surface area contributed by atoms with Crippen LogP contribution in [-0.2, 0) is 25.7 Å². The lowest BCUT2D eigenvalue weighted by Gasteiger charge is -2.07. The van der Waals surface area contributed by atoms with E-state index in [0.29, 0.717) is 22.9 Å². The summed E-state index contributed by atoms with van der Waals surface area (Å²) in [5.74, 6) is -2.62. The van der Waals surface area contributed by atoms with Gasteiger partial charge in [-0.2, -0.15) is 5.10 Å². The Bertz CT molecular complexity index is 1300. The molecule has 0 aliphatic rings. The standard InChI is InChI=1S/C24H22ClN5O6/c1-14-3-5-15(6-4-14)28-22(32)21(31)26-12-17-8-9-18(36-17)13-27-30-24(34)23(33)29-16-7-10-20(35-2)19(25)11-16/h3-11,13H,12H2,1-2H3,(H,26,31)(H,28,32)(H,29,33)(H,30,34)/b27-13+. The summed E-state index contributed by atoms with van der Waals surface area (Å²) in [7, 11) is 1.45. The zero-order chi connectivity index (χ0) is 26.1. The number of nitrogens with zero attached hydrogens (tertiary/aromatic N) is 1. The maximum absolute atomic E-state index is 12.0. The second-order valence-corrected chi connectivity index (χ2v) is 7.72. The number of halogens is 1. The molecule has 186 valence electrons. The van der Waals surface area contributed by atoms with Crippen molar-refractivity contribution in [2.75, 3.05) is 17.7 Å². The maximum Gasteiger partial charge on any atom is 0.329 e. The van der Waals surface area contributed by atoms with Crippen LogP contribution in [0, 0.1) is 6.92 Å². The van der Waals surface area contributed by atoms with E-state index in [1.165, 1.54) is 31.5 Å². The van der Waals surface area contributed by atoms with E-state index in [2.05, 4.69) is 26.5 Å². The number of nitrogens with one attached hydrogen (secondary N) is 4. The molecule has 3 rings (SSSR count). The van der Waals surface area contributed by atoms with Crippen molar-refractivity contribution in [2.45, 2.75) is 13.5 Å². The van der Waals surface area contributed by atoms with Crippen molar-refractivity contribution >= 4 is 52.8 Å². The van der Waals surface area contributed by atoms with Gasteiger partial charge in [0.05, 0.1) is 24.9 Å². The number of furan rings is 1. The molecule has 0 aliphatic heterocycles. The van der Waals surface area contributed by atoms with Gasteiger partial charge in [-0.3, -0.25) is 19.2 Å². The Labute approximate surface area is 210 Å². The summed E-state index contributed by atoms with van der Waals surface area (Å²) in [6, 6.07) is 14.6. The molecule has 0 bridgehead atoms. The first-order valence-electron chi connectivity index (χ1n) is 10.5. The number of carbonyl (C=O) groups excluding carboxylic acids is 4. The van der Waals surface area contributed by atoms with Gasteiger partial charge < -0.3 is 25.1 Å². The zero-order valence-electron chi connectivity index (χ0n) is 19.3. The number of rotatable bonds is 7. The Kier molecular flexibility index (Phi) is 8.79. The molecule has 0 spiro atoms. The fourth-order valence-electron chi connectivity index (χ4n) is 2.77. The topological polar surface area (TPSA) is 151 Å². The largest absolute Gasteiger partial charge is 0.495 e. The molecule has 0 saturated heterocycles. The van der Waals surface area contributed by atoms with Crippen LogP contribution in [0.4, 0.5) is 11.4 Å². The molecule has 4 amide bonds. The summed E-state index contributed by atoms with van der Waals surface area (Å²) < 4.78 is 10.5. The number of aryl methyl sites for hydroxylation is 1. The minimum atomic E-state index is -1.02. The molecule has 0 radical (unpaired) electrons. The molecule has 12 heteroatoms. The van der Waals surface area contributed by atoms with E-state index >= 15 is 0 Å². The highest BCUT2D eigenvalue weighted by Gasteiger charge is 2.15. The molecule has 0 aliphatic carbocycles. The van der Waals surface area contributed by atoms with Crippen LogP contribution in [0.2, 0.25) is 5.02 Å². The van der Waals surface area contributed by atoms with E-state index in [9.17, 15) is 19.2 Å². The lowest BCUT2D eigenvalue weighted by molar-refractivity contribution is -0.136. The van der Waals surface area contributed by atoms with Gasteiger partial charge in [0, 0.05) is 11.4 Å². The average Bonchev–Trinajstić information content (AvgIpc) is 3.31. The number of carbonyl (C=O) groups is 4. The van der Waals surface area contributed by atoms with Gasteiger partial charge in [0.1, 0.15) is 17.3 Å². The lowest BCUT2D eigenvalue weighted by atomic mass is 10.2. The number of anilines is 2. The van der Waals surface area contributed by atoms with Crippen molar-refractivity contribution in [3.05, 3.63) is 76.7 Å². The van der Waals surface area contributed by atoms with Crippen LogP contribution in [0.25, 0.3) is 0 Å². The highest BCUT2D eigenvalue weighted by Crippen LogP contribution is 2.27. The van der Waals surface area contributed by atoms with Crippen molar-refractivity contribution in [3.8, 4) is 5.75 Å². The SMILES string of the molecule is COc1ccc(NC(=O)C(=O)N/N=C/c2ccc(CNC(=O)C(=O)Nc3ccc(C)cc3)o2)cc1Cl. The summed E-state index contributed by atoms with van der Waals surface area (Å²) >= 11 is 5.98. The molecule has 2 aromatic carbocycles. The minimum absolute atomic E-state index is 0.0484. The van der Waals surface area contributed by atoms with Crippen molar-refractivity contribution in [3.63, 3.8) is 0 Å². The van der Waals surface area contributed by atoms with Crippen LogP contribution in [0.1, 0.15) is 17.1 Å². The first-order chi connectivity index (χ1) is 17.2. The van der Waals surface area contributed by atoms with Crippen LogP contribution < -0.4 is 26.1 Å². The van der Waals surface area contributed by atoms with Crippen LogP contribution >= 0.6 is 11.6 Å². The highest BCUT2D eigenvalue weighted by atomic mass is 35.5. The van der Waals surface area contributed by atoms with Gasteiger partial charge in [0.15, 0.2) is 0 Å². The van der Waals surface area contributed by atoms with Crippen LogP contribution in [0.5, 0.6) is 5.75 Å². The van der Waals surface area contributed by atoms with Crippen molar-refractivity contribution in [1.29, 1.82) is 0 Å². The third-order valence-corrected chi connectivity index (χ3v) is 4.89. The Balaban J connectivity index is 1.43. The van der Waals surface area contributed by atoms with Crippen LogP contribution in [-0.4, -0.2) is 37.0 Å². The molecule has 0 fully saturated rings. The first kappa shape index (κ1) is 26.0. The van der Waals surface area contributed by atoms with E-state index < -0.39 is 23.6 Å². The molecule has 0 atom stereocenters. The number of hydrogen-bond donors (Lipinski definition) is 4. The molecule has 1 heterocycles. The number of methoxy groups -OCH3 is 1. The zero-order valence-corrected chi connectivity index (χ0v) is 20.0. The molecule has 1 aromatic heterocycles. The summed E-state index contributed by atoms with van der Waals surface area (Å²) in [6.45, 7) is 1.86. The quantitative estimate of drug-likeness (QED) is 0.217. The fourth-order valence-corrected chi connectivity index (χ4v) is 3.03. The average molecular weight is 512 g/mol. The molecule has 36 heavy (non-hydrogen) atoms. The second-order valence-electron chi connectivity index (χ2n) is 7.31. The van der Waals surface area contributed by atoms with E-state index in [-0.39, 0.29) is 17.3 Å². The second kappa shape index (κ2) is 12.2. The fraction of sp³-hybridized carbons (Fsp3) is 0.125. The normalized spacial score (nSPS) is 10.5. The number of hydrazone groups is 1. The number of benzene rings is 2. The Morgan fingerprint density at radius 1 is 0.917 bits per heavy atom. The molecule has 0 saturated carbocycles.